The van der Waals surface area contributed by atoms with E-state index in [1.807, 2.05) is 6.07 Å². The van der Waals surface area contributed by atoms with E-state index >= 15 is 0 Å². The van der Waals surface area contributed by atoms with Gasteiger partial charge < -0.3 is 19.5 Å². The summed E-state index contributed by atoms with van der Waals surface area (Å²) in [6.07, 6.45) is -2.43. The smallest absolute Gasteiger partial charge is 0.406 e. The maximum atomic E-state index is 12.2. The quantitative estimate of drug-likeness (QED) is 0.582. The zero-order chi connectivity index (χ0) is 20.7. The van der Waals surface area contributed by atoms with E-state index in [2.05, 4.69) is 30.0 Å². The van der Waals surface area contributed by atoms with E-state index in [0.29, 0.717) is 13.0 Å². The second-order valence-electron chi connectivity index (χ2n) is 6.67. The lowest BCUT2D eigenvalue weighted by atomic mass is 10.1. The average Bonchev–Trinajstić information content (AvgIpc) is 3.19. The molecule has 1 aliphatic rings. The maximum absolute atomic E-state index is 12.2. The molecule has 1 aromatic heterocycles. The first-order valence-corrected chi connectivity index (χ1v) is 9.35. The van der Waals surface area contributed by atoms with Crippen LogP contribution in [-0.2, 0) is 13.0 Å². The number of rotatable bonds is 6. The highest BCUT2D eigenvalue weighted by Gasteiger charge is 2.30. The second-order valence-corrected chi connectivity index (χ2v) is 6.67. The summed E-state index contributed by atoms with van der Waals surface area (Å²) >= 11 is 0. The minimum absolute atomic E-state index is 0.214. The number of hydrogen-bond donors (Lipinski definition) is 1. The van der Waals surface area contributed by atoms with Crippen LogP contribution in [0.15, 0.2) is 46.1 Å². The predicted octanol–water partition coefficient (Wildman–Crippen LogP) is 2.51. The van der Waals surface area contributed by atoms with Gasteiger partial charge in [0.25, 0.3) is 0 Å². The van der Waals surface area contributed by atoms with Gasteiger partial charge in [-0.3, -0.25) is 9.89 Å². The van der Waals surface area contributed by atoms with Crippen molar-refractivity contribution in [3.63, 3.8) is 0 Å². The molecule has 1 saturated heterocycles. The van der Waals surface area contributed by atoms with Crippen molar-refractivity contribution in [1.82, 2.24) is 20.3 Å². The highest BCUT2D eigenvalue weighted by atomic mass is 19.4. The lowest BCUT2D eigenvalue weighted by molar-refractivity contribution is -0.274. The molecule has 158 valence electrons. The summed E-state index contributed by atoms with van der Waals surface area (Å²) in [7, 11) is 1.74. The molecule has 2 aromatic rings. The van der Waals surface area contributed by atoms with Gasteiger partial charge in [-0.25, -0.2) is 0 Å². The Morgan fingerprint density at radius 2 is 1.90 bits per heavy atom. The molecule has 1 N–H and O–H groups in total. The molecular formula is C19H24F3N5O2. The first-order valence-electron chi connectivity index (χ1n) is 9.35. The number of alkyl halides is 3. The van der Waals surface area contributed by atoms with Crippen molar-refractivity contribution in [2.75, 3.05) is 39.8 Å². The molecule has 0 aliphatic carbocycles. The summed E-state index contributed by atoms with van der Waals surface area (Å²) in [5.74, 6) is 0.608. The summed E-state index contributed by atoms with van der Waals surface area (Å²) < 4.78 is 45.4. The maximum Gasteiger partial charge on any atom is 0.573 e. The highest BCUT2D eigenvalue weighted by Crippen LogP contribution is 2.22. The third-order valence-electron chi connectivity index (χ3n) is 4.61. The lowest BCUT2D eigenvalue weighted by Crippen LogP contribution is -2.52. The molecule has 0 amide bonds. The normalized spacial score (nSPS) is 16.1. The van der Waals surface area contributed by atoms with Crippen LogP contribution in [0.1, 0.15) is 11.3 Å². The van der Waals surface area contributed by atoms with Gasteiger partial charge >= 0.3 is 6.36 Å². The van der Waals surface area contributed by atoms with Gasteiger partial charge in [-0.1, -0.05) is 17.3 Å². The number of benzene rings is 1. The van der Waals surface area contributed by atoms with Gasteiger partial charge in [0.2, 0.25) is 0 Å². The van der Waals surface area contributed by atoms with Crippen molar-refractivity contribution in [3.05, 3.63) is 47.9 Å². The van der Waals surface area contributed by atoms with Crippen molar-refractivity contribution in [3.8, 4) is 5.75 Å². The summed E-state index contributed by atoms with van der Waals surface area (Å²) in [5, 5.41) is 7.26. The van der Waals surface area contributed by atoms with Crippen LogP contribution in [0, 0.1) is 0 Å². The van der Waals surface area contributed by atoms with Crippen LogP contribution in [0.25, 0.3) is 0 Å². The standard InChI is InChI=1S/C19H24F3N5O2/c1-23-18(27-11-9-26(10-12-27)14-16-7-13-28-25-16)24-8-6-15-2-4-17(5-3-15)29-19(20,21)22/h2-5,7,13H,6,8-12,14H2,1H3,(H,23,24). The number of guanidine groups is 1. The number of aliphatic imine (C=N–C) groups is 1. The third-order valence-corrected chi connectivity index (χ3v) is 4.61. The van der Waals surface area contributed by atoms with E-state index in [1.54, 1.807) is 25.4 Å². The molecule has 29 heavy (non-hydrogen) atoms. The fourth-order valence-corrected chi connectivity index (χ4v) is 3.17. The molecule has 0 unspecified atom stereocenters. The van der Waals surface area contributed by atoms with E-state index < -0.39 is 6.36 Å². The molecular weight excluding hydrogens is 387 g/mol. The number of hydrogen-bond acceptors (Lipinski definition) is 5. The van der Waals surface area contributed by atoms with Gasteiger partial charge in [-0.05, 0) is 24.1 Å². The zero-order valence-electron chi connectivity index (χ0n) is 16.2. The van der Waals surface area contributed by atoms with E-state index in [4.69, 9.17) is 4.52 Å². The van der Waals surface area contributed by atoms with E-state index in [9.17, 15) is 13.2 Å². The van der Waals surface area contributed by atoms with Gasteiger partial charge in [0.1, 0.15) is 12.0 Å². The van der Waals surface area contributed by atoms with Crippen molar-refractivity contribution in [1.29, 1.82) is 0 Å². The largest absolute Gasteiger partial charge is 0.573 e. The van der Waals surface area contributed by atoms with Crippen LogP contribution in [-0.4, -0.2) is 67.0 Å². The van der Waals surface area contributed by atoms with Crippen molar-refractivity contribution >= 4 is 5.96 Å². The van der Waals surface area contributed by atoms with E-state index in [0.717, 1.165) is 49.9 Å². The number of nitrogens with one attached hydrogen (secondary N) is 1. The number of aromatic nitrogens is 1. The van der Waals surface area contributed by atoms with Gasteiger partial charge in [-0.15, -0.1) is 13.2 Å². The Labute approximate surface area is 167 Å². The zero-order valence-corrected chi connectivity index (χ0v) is 16.2. The first kappa shape index (κ1) is 21.0. The lowest BCUT2D eigenvalue weighted by Gasteiger charge is -2.36. The molecule has 0 spiro atoms. The molecule has 0 saturated carbocycles. The second kappa shape index (κ2) is 9.64. The Balaban J connectivity index is 1.40. The van der Waals surface area contributed by atoms with Crippen LogP contribution in [0.2, 0.25) is 0 Å². The van der Waals surface area contributed by atoms with E-state index in [-0.39, 0.29) is 5.75 Å². The van der Waals surface area contributed by atoms with E-state index in [1.165, 1.54) is 12.1 Å². The number of halogens is 3. The molecule has 1 fully saturated rings. The van der Waals surface area contributed by atoms with Crippen LogP contribution >= 0.6 is 0 Å². The molecule has 2 heterocycles. The minimum Gasteiger partial charge on any atom is -0.406 e. The molecule has 1 aliphatic heterocycles. The predicted molar refractivity (Wildman–Crippen MR) is 102 cm³/mol. The van der Waals surface area contributed by atoms with Crippen molar-refractivity contribution < 1.29 is 22.4 Å². The SMILES string of the molecule is CN=C(NCCc1ccc(OC(F)(F)F)cc1)N1CCN(Cc2ccon2)CC1. The van der Waals surface area contributed by atoms with Crippen molar-refractivity contribution in [2.24, 2.45) is 4.99 Å². The highest BCUT2D eigenvalue weighted by molar-refractivity contribution is 5.80. The summed E-state index contributed by atoms with van der Waals surface area (Å²) in [6.45, 7) is 4.89. The van der Waals surface area contributed by atoms with Crippen LogP contribution in [0.3, 0.4) is 0 Å². The van der Waals surface area contributed by atoms with Crippen LogP contribution in [0.4, 0.5) is 13.2 Å². The molecule has 0 atom stereocenters. The van der Waals surface area contributed by atoms with Gasteiger partial charge in [0.15, 0.2) is 5.96 Å². The summed E-state index contributed by atoms with van der Waals surface area (Å²) in [5.41, 5.74) is 1.84. The van der Waals surface area contributed by atoms with Crippen LogP contribution < -0.4 is 10.1 Å². The van der Waals surface area contributed by atoms with Crippen LogP contribution in [0.5, 0.6) is 5.75 Å². The number of ether oxygens (including phenoxy) is 1. The first-order chi connectivity index (χ1) is 13.9. The number of piperazine rings is 1. The monoisotopic (exact) mass is 411 g/mol. The number of nitrogens with zero attached hydrogens (tertiary/aromatic N) is 4. The molecule has 0 bridgehead atoms. The fraction of sp³-hybridized carbons (Fsp3) is 0.474. The Morgan fingerprint density at radius 3 is 2.48 bits per heavy atom. The topological polar surface area (TPSA) is 66.1 Å². The van der Waals surface area contributed by atoms with Crippen molar-refractivity contribution in [2.45, 2.75) is 19.3 Å². The third kappa shape index (κ3) is 6.67. The molecule has 7 nitrogen and oxygen atoms in total. The molecule has 1 aromatic carbocycles. The Morgan fingerprint density at radius 1 is 1.17 bits per heavy atom. The average molecular weight is 411 g/mol. The fourth-order valence-electron chi connectivity index (χ4n) is 3.17. The van der Waals surface area contributed by atoms with Gasteiger partial charge in [-0.2, -0.15) is 0 Å². The summed E-state index contributed by atoms with van der Waals surface area (Å²) in [4.78, 5) is 8.84. The van der Waals surface area contributed by atoms with Gasteiger partial charge in [0, 0.05) is 52.4 Å². The summed E-state index contributed by atoms with van der Waals surface area (Å²) in [6, 6.07) is 7.79. The molecule has 0 radical (unpaired) electrons. The Hall–Kier alpha value is -2.75. The molecule has 3 rings (SSSR count). The minimum atomic E-state index is -4.67. The van der Waals surface area contributed by atoms with Gasteiger partial charge in [0.05, 0.1) is 5.69 Å². The Kier molecular flexibility index (Phi) is 6.97. The molecule has 10 heteroatoms. The Bertz CT molecular complexity index is 770.